The maximum absolute atomic E-state index is 12.0. The molecule has 1 aromatic rings. The van der Waals surface area contributed by atoms with Crippen LogP contribution in [0.4, 0.5) is 0 Å². The van der Waals surface area contributed by atoms with Crippen molar-refractivity contribution in [2.24, 2.45) is 5.92 Å². The van der Waals surface area contributed by atoms with Gasteiger partial charge in [0.2, 0.25) is 0 Å². The predicted octanol–water partition coefficient (Wildman–Crippen LogP) is 1.73. The summed E-state index contributed by atoms with van der Waals surface area (Å²) in [4.78, 5) is 14.1. The molecule has 4 rings (SSSR count). The van der Waals surface area contributed by atoms with Gasteiger partial charge in [0.15, 0.2) is 12.6 Å². The van der Waals surface area contributed by atoms with Gasteiger partial charge in [-0.3, -0.25) is 9.69 Å². The summed E-state index contributed by atoms with van der Waals surface area (Å²) in [7, 11) is 1.64. The number of carbonyl (C=O) groups excluding carboxylic acids is 1. The molecule has 3 fully saturated rings. The second-order valence-corrected chi connectivity index (χ2v) is 7.17. The van der Waals surface area contributed by atoms with Gasteiger partial charge in [0.1, 0.15) is 6.10 Å². The molecule has 7 nitrogen and oxygen atoms in total. The molecule has 148 valence electrons. The minimum absolute atomic E-state index is 0.0322. The number of likely N-dealkylation sites (tertiary alicyclic amines) is 1. The van der Waals surface area contributed by atoms with Crippen molar-refractivity contribution in [3.05, 3.63) is 35.9 Å². The first-order chi connectivity index (χ1) is 13.2. The molecule has 1 aromatic carbocycles. The van der Waals surface area contributed by atoms with E-state index < -0.39 is 12.6 Å². The Kier molecular flexibility index (Phi) is 5.75. The highest BCUT2D eigenvalue weighted by molar-refractivity contribution is 5.71. The number of hydrogen-bond donors (Lipinski definition) is 0. The molecule has 3 aliphatic rings. The van der Waals surface area contributed by atoms with Crippen molar-refractivity contribution in [2.75, 3.05) is 33.4 Å². The number of carbonyl (C=O) groups is 1. The lowest BCUT2D eigenvalue weighted by Crippen LogP contribution is -2.61. The molecule has 3 heterocycles. The van der Waals surface area contributed by atoms with Crippen molar-refractivity contribution < 1.29 is 28.5 Å². The van der Waals surface area contributed by atoms with Crippen LogP contribution in [0, 0.1) is 5.92 Å². The van der Waals surface area contributed by atoms with Crippen molar-refractivity contribution >= 4 is 5.97 Å². The van der Waals surface area contributed by atoms with Crippen LogP contribution in [0.3, 0.4) is 0 Å². The van der Waals surface area contributed by atoms with E-state index >= 15 is 0 Å². The Hall–Kier alpha value is -1.51. The zero-order valence-electron chi connectivity index (χ0n) is 15.8. The van der Waals surface area contributed by atoms with Gasteiger partial charge >= 0.3 is 5.97 Å². The van der Waals surface area contributed by atoms with Gasteiger partial charge in [-0.2, -0.15) is 0 Å². The van der Waals surface area contributed by atoms with Gasteiger partial charge in [-0.25, -0.2) is 0 Å². The standard InChI is InChI=1S/C20H27NO6/c1-3-24-16(22)11-21-10-9-14-17(21)20(23-2)26-15-12-25-19(27-18(14)15)13-7-5-4-6-8-13/h4-8,14-15,17-20H,3,9-12H2,1-2H3/t14-,15-,17+,18+,19-,20+/m1/s1. The van der Waals surface area contributed by atoms with Gasteiger partial charge < -0.3 is 23.7 Å². The van der Waals surface area contributed by atoms with Crippen LogP contribution < -0.4 is 0 Å². The minimum Gasteiger partial charge on any atom is -0.465 e. The third kappa shape index (κ3) is 3.75. The highest BCUT2D eigenvalue weighted by Crippen LogP contribution is 2.43. The number of ether oxygens (including phenoxy) is 5. The Morgan fingerprint density at radius 2 is 2.07 bits per heavy atom. The third-order valence-electron chi connectivity index (χ3n) is 5.62. The summed E-state index contributed by atoms with van der Waals surface area (Å²) in [6.45, 7) is 3.70. The Labute approximate surface area is 159 Å². The second kappa shape index (κ2) is 8.24. The van der Waals surface area contributed by atoms with Gasteiger partial charge in [-0.15, -0.1) is 0 Å². The Bertz CT molecular complexity index is 641. The molecular weight excluding hydrogens is 350 g/mol. The van der Waals surface area contributed by atoms with Crippen LogP contribution in [0.2, 0.25) is 0 Å². The third-order valence-corrected chi connectivity index (χ3v) is 5.62. The van der Waals surface area contributed by atoms with Crippen molar-refractivity contribution in [3.8, 4) is 0 Å². The monoisotopic (exact) mass is 377 g/mol. The molecule has 0 unspecified atom stereocenters. The molecule has 0 aromatic heterocycles. The molecule has 0 N–H and O–H groups in total. The Morgan fingerprint density at radius 1 is 1.26 bits per heavy atom. The van der Waals surface area contributed by atoms with Crippen LogP contribution in [0.5, 0.6) is 0 Å². The van der Waals surface area contributed by atoms with Gasteiger partial charge in [0, 0.05) is 18.6 Å². The van der Waals surface area contributed by atoms with Crippen LogP contribution in [0.25, 0.3) is 0 Å². The molecule has 0 spiro atoms. The maximum atomic E-state index is 12.0. The number of fused-ring (bicyclic) bond motifs is 3. The normalized spacial score (nSPS) is 36.1. The van der Waals surface area contributed by atoms with E-state index in [9.17, 15) is 4.79 Å². The van der Waals surface area contributed by atoms with E-state index in [1.54, 1.807) is 7.11 Å². The molecule has 0 saturated carbocycles. The largest absolute Gasteiger partial charge is 0.465 e. The first-order valence-corrected chi connectivity index (χ1v) is 9.61. The lowest BCUT2D eigenvalue weighted by molar-refractivity contribution is -0.336. The van der Waals surface area contributed by atoms with E-state index in [1.165, 1.54) is 0 Å². The van der Waals surface area contributed by atoms with Crippen molar-refractivity contribution in [1.82, 2.24) is 4.90 Å². The summed E-state index contributed by atoms with van der Waals surface area (Å²) in [6, 6.07) is 9.91. The smallest absolute Gasteiger partial charge is 0.320 e. The molecule has 0 amide bonds. The zero-order valence-corrected chi connectivity index (χ0v) is 15.8. The van der Waals surface area contributed by atoms with Crippen LogP contribution >= 0.6 is 0 Å². The van der Waals surface area contributed by atoms with Gasteiger partial charge in [0.05, 0.1) is 31.9 Å². The summed E-state index contributed by atoms with van der Waals surface area (Å²) >= 11 is 0. The van der Waals surface area contributed by atoms with Crippen LogP contribution in [-0.4, -0.2) is 68.8 Å². The van der Waals surface area contributed by atoms with Gasteiger partial charge in [0.25, 0.3) is 0 Å². The van der Waals surface area contributed by atoms with E-state index in [4.69, 9.17) is 23.7 Å². The molecule has 3 saturated heterocycles. The number of esters is 1. The first kappa shape index (κ1) is 18.8. The average molecular weight is 377 g/mol. The highest BCUT2D eigenvalue weighted by atomic mass is 16.7. The maximum Gasteiger partial charge on any atom is 0.320 e. The van der Waals surface area contributed by atoms with E-state index in [1.807, 2.05) is 37.3 Å². The minimum atomic E-state index is -0.409. The topological polar surface area (TPSA) is 66.5 Å². The lowest BCUT2D eigenvalue weighted by atomic mass is 9.86. The molecule has 7 heteroatoms. The van der Waals surface area contributed by atoms with E-state index in [-0.39, 0.29) is 36.7 Å². The van der Waals surface area contributed by atoms with Crippen molar-refractivity contribution in [3.63, 3.8) is 0 Å². The Balaban J connectivity index is 1.50. The summed E-state index contributed by atoms with van der Waals surface area (Å²) in [5.74, 6) is 0.00317. The number of methoxy groups -OCH3 is 1. The lowest BCUT2D eigenvalue weighted by Gasteiger charge is -2.48. The highest BCUT2D eigenvalue weighted by Gasteiger charge is 2.54. The number of hydrogen-bond acceptors (Lipinski definition) is 7. The van der Waals surface area contributed by atoms with E-state index in [0.29, 0.717) is 13.2 Å². The fourth-order valence-electron chi connectivity index (χ4n) is 4.47. The van der Waals surface area contributed by atoms with Gasteiger partial charge in [-0.05, 0) is 19.9 Å². The molecule has 6 atom stereocenters. The van der Waals surface area contributed by atoms with Crippen molar-refractivity contribution in [1.29, 1.82) is 0 Å². The van der Waals surface area contributed by atoms with E-state index in [0.717, 1.165) is 18.5 Å². The average Bonchev–Trinajstić information content (AvgIpc) is 3.12. The SMILES string of the molecule is CCOC(=O)CN1CC[C@H]2[C@@H]3O[C@H](c4ccccc4)OC[C@H]3O[C@H](OC)[C@H]21. The molecule has 0 bridgehead atoms. The molecule has 0 radical (unpaired) electrons. The van der Waals surface area contributed by atoms with Crippen LogP contribution in [-0.2, 0) is 28.5 Å². The summed E-state index contributed by atoms with van der Waals surface area (Å²) in [5.41, 5.74) is 1.00. The molecule has 0 aliphatic carbocycles. The summed E-state index contributed by atoms with van der Waals surface area (Å²) in [6.07, 6.45) is -0.134. The number of nitrogens with zero attached hydrogens (tertiary/aromatic N) is 1. The second-order valence-electron chi connectivity index (χ2n) is 7.17. The van der Waals surface area contributed by atoms with Gasteiger partial charge in [-0.1, -0.05) is 30.3 Å². The number of benzene rings is 1. The van der Waals surface area contributed by atoms with Crippen molar-refractivity contribution in [2.45, 2.75) is 44.2 Å². The number of rotatable bonds is 5. The Morgan fingerprint density at radius 3 is 2.81 bits per heavy atom. The quantitative estimate of drug-likeness (QED) is 0.724. The van der Waals surface area contributed by atoms with E-state index in [2.05, 4.69) is 4.90 Å². The van der Waals surface area contributed by atoms with Crippen LogP contribution in [0.15, 0.2) is 30.3 Å². The molecule has 27 heavy (non-hydrogen) atoms. The first-order valence-electron chi connectivity index (χ1n) is 9.61. The molecular formula is C20H27NO6. The zero-order chi connectivity index (χ0) is 18.8. The fourth-order valence-corrected chi connectivity index (χ4v) is 4.47. The summed E-state index contributed by atoms with van der Waals surface area (Å²) < 4.78 is 29.1. The molecule has 3 aliphatic heterocycles. The summed E-state index contributed by atoms with van der Waals surface area (Å²) in [5, 5.41) is 0. The fraction of sp³-hybridized carbons (Fsp3) is 0.650. The predicted molar refractivity (Wildman–Crippen MR) is 95.8 cm³/mol. The van der Waals surface area contributed by atoms with Crippen LogP contribution in [0.1, 0.15) is 25.2 Å².